The molecule has 2 fully saturated rings. The van der Waals surface area contributed by atoms with Gasteiger partial charge in [0.2, 0.25) is 0 Å². The number of nitrogens with one attached hydrogen (secondary N) is 1. The van der Waals surface area contributed by atoms with E-state index in [1.54, 1.807) is 0 Å². The highest BCUT2D eigenvalue weighted by molar-refractivity contribution is 5.14. The molecule has 0 radical (unpaired) electrons. The molecule has 1 aromatic carbocycles. The van der Waals surface area contributed by atoms with Gasteiger partial charge >= 0.3 is 0 Å². The molecule has 0 aromatic heterocycles. The van der Waals surface area contributed by atoms with Gasteiger partial charge < -0.3 is 11.1 Å². The van der Waals surface area contributed by atoms with Gasteiger partial charge in [0, 0.05) is 25.2 Å². The van der Waals surface area contributed by atoms with Crippen LogP contribution < -0.4 is 11.1 Å². The highest BCUT2D eigenvalue weighted by atomic mass is 15.1. The van der Waals surface area contributed by atoms with Crippen molar-refractivity contribution in [2.75, 3.05) is 19.6 Å². The Balaban J connectivity index is 1.45. The molecule has 1 heterocycles. The first kappa shape index (κ1) is 16.9. The van der Waals surface area contributed by atoms with Crippen LogP contribution in [-0.4, -0.2) is 36.6 Å². The molecule has 1 saturated heterocycles. The van der Waals surface area contributed by atoms with Crippen molar-refractivity contribution < 1.29 is 0 Å². The fraction of sp³-hybridized carbons (Fsp3) is 0.700. The molecule has 3 heteroatoms. The van der Waals surface area contributed by atoms with Crippen molar-refractivity contribution in [1.82, 2.24) is 10.2 Å². The summed E-state index contributed by atoms with van der Waals surface area (Å²) in [5.74, 6) is 0.803. The SMILES string of the molecule is NC1CCC(NCC2CCCCN(Cc3ccccc3)C2)CC1. The van der Waals surface area contributed by atoms with Crippen LogP contribution in [0.25, 0.3) is 0 Å². The maximum atomic E-state index is 6.01. The highest BCUT2D eigenvalue weighted by Gasteiger charge is 2.22. The number of hydrogen-bond donors (Lipinski definition) is 2. The van der Waals surface area contributed by atoms with E-state index in [1.807, 2.05) is 0 Å². The van der Waals surface area contributed by atoms with E-state index in [4.69, 9.17) is 5.73 Å². The molecule has 1 aliphatic heterocycles. The van der Waals surface area contributed by atoms with Crippen LogP contribution in [-0.2, 0) is 6.54 Å². The van der Waals surface area contributed by atoms with Gasteiger partial charge in [0.1, 0.15) is 0 Å². The minimum atomic E-state index is 0.451. The Morgan fingerprint density at radius 1 is 1.00 bits per heavy atom. The van der Waals surface area contributed by atoms with Gasteiger partial charge in [0.05, 0.1) is 0 Å². The number of likely N-dealkylation sites (tertiary alicyclic amines) is 1. The first-order chi connectivity index (χ1) is 11.3. The molecule has 0 spiro atoms. The smallest absolute Gasteiger partial charge is 0.0233 e. The fourth-order valence-electron chi connectivity index (χ4n) is 4.12. The third-order valence-corrected chi connectivity index (χ3v) is 5.57. The lowest BCUT2D eigenvalue weighted by molar-refractivity contribution is 0.229. The van der Waals surface area contributed by atoms with Gasteiger partial charge in [-0.05, 0) is 63.1 Å². The summed E-state index contributed by atoms with van der Waals surface area (Å²) >= 11 is 0. The zero-order chi connectivity index (χ0) is 15.9. The molecule has 0 bridgehead atoms. The van der Waals surface area contributed by atoms with E-state index < -0.39 is 0 Å². The van der Waals surface area contributed by atoms with E-state index >= 15 is 0 Å². The molecule has 3 nitrogen and oxygen atoms in total. The number of hydrogen-bond acceptors (Lipinski definition) is 3. The first-order valence-electron chi connectivity index (χ1n) is 9.55. The van der Waals surface area contributed by atoms with Crippen LogP contribution in [0.3, 0.4) is 0 Å². The van der Waals surface area contributed by atoms with Crippen LogP contribution in [0, 0.1) is 5.92 Å². The number of nitrogens with two attached hydrogens (primary N) is 1. The molecule has 3 rings (SSSR count). The average molecular weight is 316 g/mol. The predicted octanol–water partition coefficient (Wildman–Crippen LogP) is 3.15. The Hall–Kier alpha value is -0.900. The van der Waals surface area contributed by atoms with Gasteiger partial charge in [0.15, 0.2) is 0 Å². The molecule has 3 N–H and O–H groups in total. The van der Waals surface area contributed by atoms with Crippen LogP contribution in [0.1, 0.15) is 50.5 Å². The second-order valence-corrected chi connectivity index (χ2v) is 7.60. The molecule has 1 saturated carbocycles. The van der Waals surface area contributed by atoms with E-state index in [2.05, 4.69) is 40.5 Å². The maximum Gasteiger partial charge on any atom is 0.0233 e. The van der Waals surface area contributed by atoms with E-state index in [-0.39, 0.29) is 0 Å². The van der Waals surface area contributed by atoms with Gasteiger partial charge in [-0.3, -0.25) is 4.90 Å². The molecular formula is C20H33N3. The van der Waals surface area contributed by atoms with Crippen molar-refractivity contribution in [3.05, 3.63) is 35.9 Å². The monoisotopic (exact) mass is 315 g/mol. The number of rotatable bonds is 5. The Kier molecular flexibility index (Phi) is 6.49. The molecule has 1 aliphatic carbocycles. The van der Waals surface area contributed by atoms with E-state index in [1.165, 1.54) is 70.1 Å². The average Bonchev–Trinajstić information content (AvgIpc) is 2.80. The molecule has 0 amide bonds. The van der Waals surface area contributed by atoms with E-state index in [0.29, 0.717) is 12.1 Å². The van der Waals surface area contributed by atoms with Crippen LogP contribution in [0.4, 0.5) is 0 Å². The largest absolute Gasteiger partial charge is 0.328 e. The fourth-order valence-corrected chi connectivity index (χ4v) is 4.12. The minimum absolute atomic E-state index is 0.451. The standard InChI is InChI=1S/C20H33N3/c21-19-9-11-20(12-10-19)22-14-18-8-4-5-13-23(16-18)15-17-6-2-1-3-7-17/h1-3,6-7,18-20,22H,4-5,8-16,21H2. The maximum absolute atomic E-state index is 6.01. The molecule has 23 heavy (non-hydrogen) atoms. The zero-order valence-electron chi connectivity index (χ0n) is 14.4. The van der Waals surface area contributed by atoms with Crippen molar-refractivity contribution in [3.63, 3.8) is 0 Å². The van der Waals surface area contributed by atoms with Crippen molar-refractivity contribution >= 4 is 0 Å². The van der Waals surface area contributed by atoms with Crippen molar-refractivity contribution in [3.8, 4) is 0 Å². The van der Waals surface area contributed by atoms with Gasteiger partial charge in [-0.15, -0.1) is 0 Å². The van der Waals surface area contributed by atoms with Crippen LogP contribution in [0.15, 0.2) is 30.3 Å². The lowest BCUT2D eigenvalue weighted by Gasteiger charge is -2.30. The quantitative estimate of drug-likeness (QED) is 0.877. The Bertz CT molecular complexity index is 439. The normalized spacial score (nSPS) is 30.0. The molecule has 1 aromatic rings. The molecule has 1 atom stereocenters. The third kappa shape index (κ3) is 5.59. The Morgan fingerprint density at radius 3 is 2.57 bits per heavy atom. The molecular weight excluding hydrogens is 282 g/mol. The van der Waals surface area contributed by atoms with Crippen LogP contribution in [0.2, 0.25) is 0 Å². The Morgan fingerprint density at radius 2 is 1.78 bits per heavy atom. The summed E-state index contributed by atoms with van der Waals surface area (Å²) in [7, 11) is 0. The Labute approximate surface area is 141 Å². The highest BCUT2D eigenvalue weighted by Crippen LogP contribution is 2.20. The number of benzene rings is 1. The van der Waals surface area contributed by atoms with Gasteiger partial charge in [-0.2, -0.15) is 0 Å². The molecule has 1 unspecified atom stereocenters. The summed E-state index contributed by atoms with van der Waals surface area (Å²) in [4.78, 5) is 2.66. The van der Waals surface area contributed by atoms with Gasteiger partial charge in [-0.25, -0.2) is 0 Å². The third-order valence-electron chi connectivity index (χ3n) is 5.57. The van der Waals surface area contributed by atoms with E-state index in [0.717, 1.165) is 12.5 Å². The second-order valence-electron chi connectivity index (χ2n) is 7.60. The summed E-state index contributed by atoms with van der Waals surface area (Å²) in [6, 6.07) is 12.1. The van der Waals surface area contributed by atoms with Crippen molar-refractivity contribution in [2.24, 2.45) is 11.7 Å². The summed E-state index contributed by atoms with van der Waals surface area (Å²) in [6.07, 6.45) is 9.04. The van der Waals surface area contributed by atoms with Gasteiger partial charge in [-0.1, -0.05) is 36.8 Å². The first-order valence-corrected chi connectivity index (χ1v) is 9.55. The topological polar surface area (TPSA) is 41.3 Å². The molecule has 128 valence electrons. The minimum Gasteiger partial charge on any atom is -0.328 e. The lowest BCUT2D eigenvalue weighted by atomic mass is 9.91. The van der Waals surface area contributed by atoms with E-state index in [9.17, 15) is 0 Å². The summed E-state index contributed by atoms with van der Waals surface area (Å²) in [5.41, 5.74) is 7.46. The summed E-state index contributed by atoms with van der Waals surface area (Å²) < 4.78 is 0. The summed E-state index contributed by atoms with van der Waals surface area (Å²) in [5, 5.41) is 3.84. The molecule has 2 aliphatic rings. The van der Waals surface area contributed by atoms with Crippen molar-refractivity contribution in [2.45, 2.75) is 63.6 Å². The van der Waals surface area contributed by atoms with Crippen LogP contribution >= 0.6 is 0 Å². The van der Waals surface area contributed by atoms with Crippen molar-refractivity contribution in [1.29, 1.82) is 0 Å². The second kappa shape index (κ2) is 8.81. The summed E-state index contributed by atoms with van der Waals surface area (Å²) in [6.45, 7) is 4.79. The lowest BCUT2D eigenvalue weighted by Crippen LogP contribution is -2.41. The van der Waals surface area contributed by atoms with Crippen LogP contribution in [0.5, 0.6) is 0 Å². The van der Waals surface area contributed by atoms with Gasteiger partial charge in [0.25, 0.3) is 0 Å². The number of nitrogens with zero attached hydrogens (tertiary/aromatic N) is 1. The zero-order valence-corrected chi connectivity index (χ0v) is 14.4. The predicted molar refractivity (Wildman–Crippen MR) is 97.3 cm³/mol.